The van der Waals surface area contributed by atoms with Crippen LogP contribution in [0.1, 0.15) is 32.8 Å². The topological polar surface area (TPSA) is 26.3 Å². The highest BCUT2D eigenvalue weighted by Crippen LogP contribution is 2.12. The van der Waals surface area contributed by atoms with Crippen LogP contribution in [0.3, 0.4) is 0 Å². The summed E-state index contributed by atoms with van der Waals surface area (Å²) < 4.78 is 5.69. The van der Waals surface area contributed by atoms with Gasteiger partial charge in [0.25, 0.3) is 0 Å². The molecule has 2 nitrogen and oxygen atoms in total. The van der Waals surface area contributed by atoms with E-state index in [2.05, 4.69) is 0 Å². The molecule has 2 heteroatoms. The second-order valence-corrected chi connectivity index (χ2v) is 4.28. The standard InChI is InChI=1S/C14H20O2/c1-4-13(15)14(11(2)3)16-10-12-8-6-5-7-9-12/h5-9,11,14H,4,10H2,1-3H3/t14-/m0/s1. The zero-order chi connectivity index (χ0) is 12.0. The van der Waals surface area contributed by atoms with Gasteiger partial charge in [0.05, 0.1) is 6.61 Å². The fraction of sp³-hybridized carbons (Fsp3) is 0.500. The molecule has 0 aliphatic carbocycles. The maximum absolute atomic E-state index is 11.6. The summed E-state index contributed by atoms with van der Waals surface area (Å²) >= 11 is 0. The van der Waals surface area contributed by atoms with E-state index in [0.717, 1.165) is 5.56 Å². The predicted octanol–water partition coefficient (Wildman–Crippen LogP) is 3.21. The molecule has 1 atom stereocenters. The van der Waals surface area contributed by atoms with Gasteiger partial charge in [-0.2, -0.15) is 0 Å². The van der Waals surface area contributed by atoms with Crippen molar-refractivity contribution < 1.29 is 9.53 Å². The number of hydrogen-bond acceptors (Lipinski definition) is 2. The summed E-state index contributed by atoms with van der Waals surface area (Å²) in [6.07, 6.45) is 0.266. The number of ether oxygens (including phenoxy) is 1. The van der Waals surface area contributed by atoms with Gasteiger partial charge in [-0.15, -0.1) is 0 Å². The summed E-state index contributed by atoms with van der Waals surface area (Å²) in [6, 6.07) is 9.94. The predicted molar refractivity (Wildman–Crippen MR) is 65.2 cm³/mol. The highest BCUT2D eigenvalue weighted by molar-refractivity contribution is 5.82. The second kappa shape index (κ2) is 6.44. The Morgan fingerprint density at radius 3 is 2.38 bits per heavy atom. The molecule has 1 aromatic rings. The first-order chi connectivity index (χ1) is 7.65. The van der Waals surface area contributed by atoms with Crippen molar-refractivity contribution in [1.82, 2.24) is 0 Å². The van der Waals surface area contributed by atoms with Crippen LogP contribution in [0.2, 0.25) is 0 Å². The summed E-state index contributed by atoms with van der Waals surface area (Å²) in [4.78, 5) is 11.6. The third-order valence-corrected chi connectivity index (χ3v) is 2.54. The molecule has 0 heterocycles. The van der Waals surface area contributed by atoms with Gasteiger partial charge in [-0.3, -0.25) is 4.79 Å². The summed E-state index contributed by atoms with van der Waals surface area (Å²) in [6.45, 7) is 6.42. The van der Waals surface area contributed by atoms with E-state index in [4.69, 9.17) is 4.74 Å². The first-order valence-corrected chi connectivity index (χ1v) is 5.83. The van der Waals surface area contributed by atoms with Crippen molar-refractivity contribution in [1.29, 1.82) is 0 Å². The molecule has 1 rings (SSSR count). The van der Waals surface area contributed by atoms with Gasteiger partial charge in [0.1, 0.15) is 6.10 Å². The van der Waals surface area contributed by atoms with E-state index in [1.807, 2.05) is 51.1 Å². The molecule has 0 spiro atoms. The number of carbonyl (C=O) groups is 1. The molecule has 0 N–H and O–H groups in total. The number of hydrogen-bond donors (Lipinski definition) is 0. The number of Topliss-reactive ketones (excluding diaryl/α,β-unsaturated/α-hetero) is 1. The molecule has 0 amide bonds. The molecule has 0 aromatic heterocycles. The van der Waals surface area contributed by atoms with E-state index >= 15 is 0 Å². The summed E-state index contributed by atoms with van der Waals surface area (Å²) in [5.74, 6) is 0.419. The van der Waals surface area contributed by atoms with Gasteiger partial charge < -0.3 is 4.74 Å². The van der Waals surface area contributed by atoms with E-state index < -0.39 is 0 Å². The average molecular weight is 220 g/mol. The fourth-order valence-corrected chi connectivity index (χ4v) is 1.62. The zero-order valence-corrected chi connectivity index (χ0v) is 10.3. The summed E-state index contributed by atoms with van der Waals surface area (Å²) in [7, 11) is 0. The molecule has 0 unspecified atom stereocenters. The monoisotopic (exact) mass is 220 g/mol. The molecule has 16 heavy (non-hydrogen) atoms. The lowest BCUT2D eigenvalue weighted by molar-refractivity contribution is -0.134. The van der Waals surface area contributed by atoms with Crippen molar-refractivity contribution in [2.24, 2.45) is 5.92 Å². The molecule has 1 aromatic carbocycles. The Morgan fingerprint density at radius 1 is 1.25 bits per heavy atom. The van der Waals surface area contributed by atoms with Gasteiger partial charge in [-0.05, 0) is 11.5 Å². The molecule has 0 aliphatic heterocycles. The van der Waals surface area contributed by atoms with E-state index in [1.165, 1.54) is 0 Å². The van der Waals surface area contributed by atoms with Crippen LogP contribution in [-0.4, -0.2) is 11.9 Å². The van der Waals surface area contributed by atoms with Crippen molar-refractivity contribution in [2.45, 2.75) is 39.9 Å². The van der Waals surface area contributed by atoms with Crippen LogP contribution in [0.5, 0.6) is 0 Å². The largest absolute Gasteiger partial charge is 0.366 e. The highest BCUT2D eigenvalue weighted by Gasteiger charge is 2.20. The lowest BCUT2D eigenvalue weighted by Crippen LogP contribution is -2.29. The van der Waals surface area contributed by atoms with Crippen LogP contribution in [0, 0.1) is 5.92 Å². The minimum Gasteiger partial charge on any atom is -0.366 e. The Morgan fingerprint density at radius 2 is 1.88 bits per heavy atom. The lowest BCUT2D eigenvalue weighted by atomic mass is 10.0. The lowest BCUT2D eigenvalue weighted by Gasteiger charge is -2.19. The fourth-order valence-electron chi connectivity index (χ4n) is 1.62. The van der Waals surface area contributed by atoms with Gasteiger partial charge >= 0.3 is 0 Å². The molecular weight excluding hydrogens is 200 g/mol. The second-order valence-electron chi connectivity index (χ2n) is 4.28. The van der Waals surface area contributed by atoms with Crippen molar-refractivity contribution in [3.63, 3.8) is 0 Å². The van der Waals surface area contributed by atoms with Gasteiger partial charge in [0, 0.05) is 6.42 Å². The van der Waals surface area contributed by atoms with Crippen molar-refractivity contribution >= 4 is 5.78 Å². The number of rotatable bonds is 6. The molecule has 0 radical (unpaired) electrons. The van der Waals surface area contributed by atoms with Crippen LogP contribution in [0.25, 0.3) is 0 Å². The minimum absolute atomic E-state index is 0.186. The van der Waals surface area contributed by atoms with Gasteiger partial charge in [0.15, 0.2) is 5.78 Å². The summed E-state index contributed by atoms with van der Waals surface area (Å²) in [5.41, 5.74) is 1.11. The van der Waals surface area contributed by atoms with E-state index in [1.54, 1.807) is 0 Å². The molecule has 0 fully saturated rings. The van der Waals surface area contributed by atoms with E-state index in [0.29, 0.717) is 13.0 Å². The van der Waals surface area contributed by atoms with E-state index in [9.17, 15) is 4.79 Å². The Hall–Kier alpha value is -1.15. The summed E-state index contributed by atoms with van der Waals surface area (Å²) in [5, 5.41) is 0. The smallest absolute Gasteiger partial charge is 0.161 e. The molecule has 0 aliphatic rings. The van der Waals surface area contributed by atoms with Gasteiger partial charge in [-0.25, -0.2) is 0 Å². The maximum Gasteiger partial charge on any atom is 0.161 e. The van der Waals surface area contributed by atoms with Crippen molar-refractivity contribution in [2.75, 3.05) is 0 Å². The first kappa shape index (κ1) is 12.9. The normalized spacial score (nSPS) is 12.8. The SMILES string of the molecule is CCC(=O)[C@@H](OCc1ccccc1)C(C)C. The highest BCUT2D eigenvalue weighted by atomic mass is 16.5. The van der Waals surface area contributed by atoms with Crippen molar-refractivity contribution in [3.05, 3.63) is 35.9 Å². The third kappa shape index (κ3) is 3.78. The van der Waals surface area contributed by atoms with Crippen LogP contribution in [0.15, 0.2) is 30.3 Å². The van der Waals surface area contributed by atoms with Crippen LogP contribution >= 0.6 is 0 Å². The Balaban J connectivity index is 2.54. The molecule has 0 saturated carbocycles. The maximum atomic E-state index is 11.6. The quantitative estimate of drug-likeness (QED) is 0.736. The zero-order valence-electron chi connectivity index (χ0n) is 10.3. The Bertz CT molecular complexity index is 317. The van der Waals surface area contributed by atoms with Crippen molar-refractivity contribution in [3.8, 4) is 0 Å². The molecule has 0 bridgehead atoms. The van der Waals surface area contributed by atoms with Crippen LogP contribution in [-0.2, 0) is 16.1 Å². The number of ketones is 1. The van der Waals surface area contributed by atoms with Crippen LogP contribution < -0.4 is 0 Å². The molecule has 88 valence electrons. The Kier molecular flexibility index (Phi) is 5.20. The van der Waals surface area contributed by atoms with Gasteiger partial charge in [-0.1, -0.05) is 51.1 Å². The first-order valence-electron chi connectivity index (χ1n) is 5.83. The molecule has 0 saturated heterocycles. The number of benzene rings is 1. The van der Waals surface area contributed by atoms with E-state index in [-0.39, 0.29) is 17.8 Å². The van der Waals surface area contributed by atoms with Gasteiger partial charge in [0.2, 0.25) is 0 Å². The molecular formula is C14H20O2. The average Bonchev–Trinajstić information content (AvgIpc) is 2.30. The Labute approximate surface area is 97.6 Å². The third-order valence-electron chi connectivity index (χ3n) is 2.54. The van der Waals surface area contributed by atoms with Crippen LogP contribution in [0.4, 0.5) is 0 Å². The number of carbonyl (C=O) groups excluding carboxylic acids is 1. The minimum atomic E-state index is -0.273.